The van der Waals surface area contributed by atoms with Crippen LogP contribution in [0.4, 0.5) is 5.69 Å². The van der Waals surface area contributed by atoms with Gasteiger partial charge in [0.25, 0.3) is 0 Å². The summed E-state index contributed by atoms with van der Waals surface area (Å²) in [6, 6.07) is 4.07. The smallest absolute Gasteiger partial charge is 0.230 e. The van der Waals surface area contributed by atoms with Crippen LogP contribution in [-0.4, -0.2) is 5.91 Å². The minimum absolute atomic E-state index is 0.130. The largest absolute Gasteiger partial charge is 0.326 e. The van der Waals surface area contributed by atoms with Crippen LogP contribution in [0, 0.1) is 19.3 Å². The number of hydrogen-bond donors (Lipinski definition) is 1. The summed E-state index contributed by atoms with van der Waals surface area (Å²) in [5.41, 5.74) is 3.11. The standard InChI is InChI=1S/C16H22BrNO/c1-4-16(7-5-6-8-16)15(19)18-13-9-11(2)14(17)12(3)10-13/h9-10H,4-8H2,1-3H3,(H,18,19). The highest BCUT2D eigenvalue weighted by Gasteiger charge is 2.39. The van der Waals surface area contributed by atoms with Gasteiger partial charge in [-0.15, -0.1) is 0 Å². The lowest BCUT2D eigenvalue weighted by molar-refractivity contribution is -0.125. The molecule has 0 heterocycles. The molecule has 0 radical (unpaired) electrons. The molecule has 1 N–H and O–H groups in total. The van der Waals surface area contributed by atoms with Gasteiger partial charge in [0.2, 0.25) is 5.91 Å². The molecule has 104 valence electrons. The van der Waals surface area contributed by atoms with Crippen molar-refractivity contribution in [2.24, 2.45) is 5.41 Å². The molecule has 1 aliphatic carbocycles. The zero-order valence-electron chi connectivity index (χ0n) is 12.0. The van der Waals surface area contributed by atoms with E-state index in [0.717, 1.165) is 40.5 Å². The third-order valence-electron chi connectivity index (χ3n) is 4.41. The summed E-state index contributed by atoms with van der Waals surface area (Å²) in [7, 11) is 0. The van der Waals surface area contributed by atoms with Crippen LogP contribution in [0.5, 0.6) is 0 Å². The summed E-state index contributed by atoms with van der Waals surface area (Å²) >= 11 is 3.56. The molecule has 0 aromatic heterocycles. The molecule has 2 rings (SSSR count). The Bertz CT molecular complexity index is 467. The molecule has 0 atom stereocenters. The monoisotopic (exact) mass is 323 g/mol. The van der Waals surface area contributed by atoms with Crippen LogP contribution in [0.15, 0.2) is 16.6 Å². The molecule has 1 amide bonds. The van der Waals surface area contributed by atoms with Crippen LogP contribution < -0.4 is 5.32 Å². The molecule has 0 bridgehead atoms. The van der Waals surface area contributed by atoms with Crippen molar-refractivity contribution in [3.8, 4) is 0 Å². The molecule has 0 spiro atoms. The van der Waals surface area contributed by atoms with E-state index in [1.807, 2.05) is 12.1 Å². The summed E-state index contributed by atoms with van der Waals surface area (Å²) < 4.78 is 1.12. The number of carbonyl (C=O) groups excluding carboxylic acids is 1. The summed E-state index contributed by atoms with van der Waals surface area (Å²) in [5.74, 6) is 0.202. The highest BCUT2D eigenvalue weighted by molar-refractivity contribution is 9.10. The van der Waals surface area contributed by atoms with Gasteiger partial charge in [-0.05, 0) is 56.4 Å². The number of carbonyl (C=O) groups is 1. The van der Waals surface area contributed by atoms with Crippen LogP contribution in [0.25, 0.3) is 0 Å². The molecule has 0 aliphatic heterocycles. The van der Waals surface area contributed by atoms with Gasteiger partial charge < -0.3 is 5.32 Å². The first kappa shape index (κ1) is 14.6. The molecule has 0 saturated heterocycles. The van der Waals surface area contributed by atoms with E-state index < -0.39 is 0 Å². The van der Waals surface area contributed by atoms with E-state index in [-0.39, 0.29) is 11.3 Å². The molecule has 1 aromatic rings. The van der Waals surface area contributed by atoms with Crippen molar-refractivity contribution in [3.05, 3.63) is 27.7 Å². The van der Waals surface area contributed by atoms with Gasteiger partial charge in [0.05, 0.1) is 0 Å². The summed E-state index contributed by atoms with van der Waals surface area (Å²) in [4.78, 5) is 12.6. The zero-order valence-corrected chi connectivity index (χ0v) is 13.6. The van der Waals surface area contributed by atoms with Crippen molar-refractivity contribution in [1.29, 1.82) is 0 Å². The molecule has 2 nitrogen and oxygen atoms in total. The SMILES string of the molecule is CCC1(C(=O)Nc2cc(C)c(Br)c(C)c2)CCCC1. The van der Waals surface area contributed by atoms with Crippen molar-refractivity contribution in [3.63, 3.8) is 0 Å². The second-order valence-corrected chi connectivity index (χ2v) is 6.51. The second kappa shape index (κ2) is 5.66. The molecule has 1 saturated carbocycles. The van der Waals surface area contributed by atoms with E-state index >= 15 is 0 Å². The van der Waals surface area contributed by atoms with Crippen LogP contribution >= 0.6 is 15.9 Å². The Balaban J connectivity index is 2.19. The van der Waals surface area contributed by atoms with E-state index in [4.69, 9.17) is 0 Å². The minimum Gasteiger partial charge on any atom is -0.326 e. The minimum atomic E-state index is -0.130. The fourth-order valence-electron chi connectivity index (χ4n) is 3.07. The maximum Gasteiger partial charge on any atom is 0.230 e. The normalized spacial score (nSPS) is 17.5. The van der Waals surface area contributed by atoms with Gasteiger partial charge in [0.15, 0.2) is 0 Å². The van der Waals surface area contributed by atoms with Crippen LogP contribution in [0.3, 0.4) is 0 Å². The highest BCUT2D eigenvalue weighted by atomic mass is 79.9. The van der Waals surface area contributed by atoms with Crippen LogP contribution in [0.2, 0.25) is 0 Å². The first-order valence-electron chi connectivity index (χ1n) is 7.07. The van der Waals surface area contributed by atoms with Gasteiger partial charge in [0, 0.05) is 15.6 Å². The van der Waals surface area contributed by atoms with Crippen molar-refractivity contribution >= 4 is 27.5 Å². The maximum absolute atomic E-state index is 12.6. The maximum atomic E-state index is 12.6. The number of amides is 1. The third-order valence-corrected chi connectivity index (χ3v) is 5.66. The van der Waals surface area contributed by atoms with E-state index in [0.29, 0.717) is 0 Å². The Hall–Kier alpha value is -0.830. The fraction of sp³-hybridized carbons (Fsp3) is 0.562. The topological polar surface area (TPSA) is 29.1 Å². The fourth-order valence-corrected chi connectivity index (χ4v) is 3.30. The number of benzene rings is 1. The van der Waals surface area contributed by atoms with Gasteiger partial charge in [-0.1, -0.05) is 35.7 Å². The lowest BCUT2D eigenvalue weighted by atomic mass is 9.82. The molecule has 3 heteroatoms. The van der Waals surface area contributed by atoms with Gasteiger partial charge in [0.1, 0.15) is 0 Å². The van der Waals surface area contributed by atoms with Crippen LogP contribution in [-0.2, 0) is 4.79 Å². The van der Waals surface area contributed by atoms with Gasteiger partial charge >= 0.3 is 0 Å². The number of aryl methyl sites for hydroxylation is 2. The lowest BCUT2D eigenvalue weighted by Gasteiger charge is -2.26. The molecule has 1 aliphatic rings. The number of halogens is 1. The summed E-state index contributed by atoms with van der Waals surface area (Å²) in [6.45, 7) is 6.23. The van der Waals surface area contributed by atoms with Crippen LogP contribution in [0.1, 0.15) is 50.2 Å². The predicted octanol–water partition coefficient (Wildman–Crippen LogP) is 4.97. The third kappa shape index (κ3) is 2.86. The quantitative estimate of drug-likeness (QED) is 0.835. The summed E-state index contributed by atoms with van der Waals surface area (Å²) in [5, 5.41) is 3.12. The van der Waals surface area contributed by atoms with E-state index in [1.165, 1.54) is 12.8 Å². The van der Waals surface area contributed by atoms with E-state index in [1.54, 1.807) is 0 Å². The molecular weight excluding hydrogens is 302 g/mol. The van der Waals surface area contributed by atoms with Crippen molar-refractivity contribution in [1.82, 2.24) is 0 Å². The molecule has 1 aromatic carbocycles. The number of anilines is 1. The first-order chi connectivity index (χ1) is 8.98. The Morgan fingerprint density at radius 1 is 1.26 bits per heavy atom. The molecular formula is C16H22BrNO. The Morgan fingerprint density at radius 3 is 2.26 bits per heavy atom. The zero-order chi connectivity index (χ0) is 14.0. The second-order valence-electron chi connectivity index (χ2n) is 5.72. The molecule has 1 fully saturated rings. The van der Waals surface area contributed by atoms with Crippen molar-refractivity contribution in [2.45, 2.75) is 52.9 Å². The summed E-state index contributed by atoms with van der Waals surface area (Å²) in [6.07, 6.45) is 5.36. The first-order valence-corrected chi connectivity index (χ1v) is 7.86. The van der Waals surface area contributed by atoms with Crippen molar-refractivity contribution < 1.29 is 4.79 Å². The highest BCUT2D eigenvalue weighted by Crippen LogP contribution is 2.42. The Labute approximate surface area is 124 Å². The average Bonchev–Trinajstić information content (AvgIpc) is 2.85. The van der Waals surface area contributed by atoms with E-state index in [9.17, 15) is 4.79 Å². The van der Waals surface area contributed by atoms with Gasteiger partial charge in [-0.2, -0.15) is 0 Å². The molecule has 19 heavy (non-hydrogen) atoms. The van der Waals surface area contributed by atoms with Gasteiger partial charge in [-0.3, -0.25) is 4.79 Å². The van der Waals surface area contributed by atoms with E-state index in [2.05, 4.69) is 42.0 Å². The van der Waals surface area contributed by atoms with Crippen molar-refractivity contribution in [2.75, 3.05) is 5.32 Å². The predicted molar refractivity (Wildman–Crippen MR) is 83.4 cm³/mol. The Morgan fingerprint density at radius 2 is 1.79 bits per heavy atom. The van der Waals surface area contributed by atoms with Gasteiger partial charge in [-0.25, -0.2) is 0 Å². The molecule has 0 unspecified atom stereocenters. The lowest BCUT2D eigenvalue weighted by Crippen LogP contribution is -2.33. The number of nitrogens with one attached hydrogen (secondary N) is 1. The Kier molecular flexibility index (Phi) is 4.34. The number of hydrogen-bond acceptors (Lipinski definition) is 1. The number of rotatable bonds is 3. The average molecular weight is 324 g/mol.